The van der Waals surface area contributed by atoms with Crippen molar-refractivity contribution in [1.82, 2.24) is 0 Å². The van der Waals surface area contributed by atoms with Gasteiger partial charge in [0.15, 0.2) is 0 Å². The maximum atomic E-state index is 10.4. The summed E-state index contributed by atoms with van der Waals surface area (Å²) in [6, 6.07) is 0. The molecule has 0 spiro atoms. The van der Waals surface area contributed by atoms with Gasteiger partial charge in [-0.3, -0.25) is 9.59 Å². The minimum atomic E-state index is -2.32. The lowest BCUT2D eigenvalue weighted by molar-refractivity contribution is -0.237. The number of esters is 2. The van der Waals surface area contributed by atoms with E-state index < -0.39 is 31.3 Å². The fraction of sp³-hybridized carbons (Fsp3) is 0.600. The van der Waals surface area contributed by atoms with Gasteiger partial charge in [0.25, 0.3) is 0 Å². The molecule has 0 unspecified atom stereocenters. The van der Waals surface area contributed by atoms with Crippen molar-refractivity contribution in [1.29, 1.82) is 0 Å². The summed E-state index contributed by atoms with van der Waals surface area (Å²) in [7, 11) is 0. The number of aliphatic hydroxyl groups is 4. The van der Waals surface area contributed by atoms with Crippen LogP contribution in [0.1, 0.15) is 6.42 Å². The third-order valence-electron chi connectivity index (χ3n) is 0.762. The van der Waals surface area contributed by atoms with Gasteiger partial charge >= 0.3 is 24.9 Å². The van der Waals surface area contributed by atoms with Crippen molar-refractivity contribution in [2.45, 2.75) is 19.4 Å². The van der Waals surface area contributed by atoms with Crippen LogP contribution in [0.5, 0.6) is 0 Å². The molecule has 0 saturated heterocycles. The lowest BCUT2D eigenvalue weighted by Gasteiger charge is -2.06. The highest BCUT2D eigenvalue weighted by Gasteiger charge is 2.16. The Morgan fingerprint density at radius 3 is 1.46 bits per heavy atom. The van der Waals surface area contributed by atoms with Crippen LogP contribution in [0, 0.1) is 0 Å². The van der Waals surface area contributed by atoms with Gasteiger partial charge in [0.2, 0.25) is 0 Å². The maximum Gasteiger partial charge on any atom is 0.321 e. The van der Waals surface area contributed by atoms with Gasteiger partial charge in [-0.05, 0) is 0 Å². The molecule has 0 amide bonds. The molecule has 0 aliphatic heterocycles. The molecule has 0 saturated carbocycles. The van der Waals surface area contributed by atoms with Crippen LogP contribution in [0.2, 0.25) is 0 Å². The molecule has 0 radical (unpaired) electrons. The average molecular weight is 196 g/mol. The van der Waals surface area contributed by atoms with Gasteiger partial charge in [-0.2, -0.15) is 0 Å². The summed E-state index contributed by atoms with van der Waals surface area (Å²) in [5.74, 6) is -2.53. The van der Waals surface area contributed by atoms with Crippen molar-refractivity contribution in [3.63, 3.8) is 0 Å². The van der Waals surface area contributed by atoms with E-state index in [1.165, 1.54) is 0 Å². The summed E-state index contributed by atoms with van der Waals surface area (Å²) in [6.45, 7) is -4.64. The van der Waals surface area contributed by atoms with Crippen molar-refractivity contribution >= 4 is 11.9 Å². The molecule has 0 fully saturated rings. The first-order chi connectivity index (χ1) is 5.91. The van der Waals surface area contributed by atoms with Crippen LogP contribution in [0.25, 0.3) is 0 Å². The van der Waals surface area contributed by atoms with Crippen molar-refractivity contribution in [2.24, 2.45) is 0 Å². The van der Waals surface area contributed by atoms with Gasteiger partial charge in [-0.15, -0.1) is 0 Å². The van der Waals surface area contributed by atoms with E-state index in [1.54, 1.807) is 0 Å². The van der Waals surface area contributed by atoms with Crippen LogP contribution in [0.3, 0.4) is 0 Å². The lowest BCUT2D eigenvalue weighted by Crippen LogP contribution is -2.23. The van der Waals surface area contributed by atoms with Crippen LogP contribution in [0.15, 0.2) is 0 Å². The molecule has 0 aliphatic rings. The monoisotopic (exact) mass is 196 g/mol. The first-order valence-electron chi connectivity index (χ1n) is 3.03. The number of carbonyl (C=O) groups is 2. The van der Waals surface area contributed by atoms with Crippen molar-refractivity contribution in [3.8, 4) is 0 Å². The molecule has 0 aromatic rings. The summed E-state index contributed by atoms with van der Waals surface area (Å²) < 4.78 is 7.42. The van der Waals surface area contributed by atoms with Crippen LogP contribution in [0.4, 0.5) is 0 Å². The number of carbonyl (C=O) groups excluding carboxylic acids is 2. The van der Waals surface area contributed by atoms with Crippen LogP contribution >= 0.6 is 0 Å². The van der Waals surface area contributed by atoms with E-state index in [0.29, 0.717) is 0 Å². The highest BCUT2D eigenvalue weighted by molar-refractivity contribution is 5.91. The molecule has 8 nitrogen and oxygen atoms in total. The summed E-state index contributed by atoms with van der Waals surface area (Å²) in [4.78, 5) is 20.9. The molecular formula is C5H8O8. The lowest BCUT2D eigenvalue weighted by atomic mass is 10.4. The largest absolute Gasteiger partial charge is 0.410 e. The fourth-order valence-corrected chi connectivity index (χ4v) is 0.436. The Kier molecular flexibility index (Phi) is 4.92. The Labute approximate surface area is 71.9 Å². The first-order valence-corrected chi connectivity index (χ1v) is 3.03. The normalized spacial score (nSPS) is 10.3. The second kappa shape index (κ2) is 5.43. The zero-order valence-electron chi connectivity index (χ0n) is 6.28. The highest BCUT2D eigenvalue weighted by atomic mass is 16.8. The summed E-state index contributed by atoms with van der Waals surface area (Å²) >= 11 is 0. The number of rotatable bonds is 4. The molecule has 13 heavy (non-hydrogen) atoms. The van der Waals surface area contributed by atoms with Gasteiger partial charge in [-0.1, -0.05) is 0 Å². The molecule has 0 atom stereocenters. The first kappa shape index (κ1) is 11.8. The Morgan fingerprint density at radius 1 is 0.923 bits per heavy atom. The second-order valence-corrected chi connectivity index (χ2v) is 1.81. The Hall–Kier alpha value is -1.22. The van der Waals surface area contributed by atoms with E-state index in [-0.39, 0.29) is 0 Å². The van der Waals surface area contributed by atoms with Crippen LogP contribution < -0.4 is 0 Å². The smallest absolute Gasteiger partial charge is 0.321 e. The molecule has 76 valence electrons. The van der Waals surface area contributed by atoms with Gasteiger partial charge in [0.05, 0.1) is 0 Å². The third-order valence-corrected chi connectivity index (χ3v) is 0.762. The quantitative estimate of drug-likeness (QED) is 0.212. The van der Waals surface area contributed by atoms with E-state index in [4.69, 9.17) is 20.4 Å². The molecule has 0 aromatic heterocycles. The van der Waals surface area contributed by atoms with E-state index in [9.17, 15) is 9.59 Å². The Bertz CT molecular complexity index is 165. The standard InChI is InChI=1S/C5H8O8/c6-2(12-4(8)9)1-3(7)13-5(10)11/h4-5,8-11H,1H2. The number of aliphatic hydroxyl groups excluding tert-OH is 2. The molecule has 8 heteroatoms. The molecule has 0 rings (SSSR count). The zero-order valence-corrected chi connectivity index (χ0v) is 6.28. The zero-order chi connectivity index (χ0) is 10.4. The van der Waals surface area contributed by atoms with Gasteiger partial charge < -0.3 is 29.9 Å². The van der Waals surface area contributed by atoms with Gasteiger partial charge in [-0.25, -0.2) is 0 Å². The SMILES string of the molecule is O=C(CC(=O)OC(O)O)OC(O)O. The van der Waals surface area contributed by atoms with E-state index in [0.717, 1.165) is 0 Å². The van der Waals surface area contributed by atoms with E-state index in [1.807, 2.05) is 0 Å². The predicted molar refractivity (Wildman–Crippen MR) is 33.3 cm³/mol. The minimum absolute atomic E-state index is 0.949. The van der Waals surface area contributed by atoms with Crippen molar-refractivity contribution in [3.05, 3.63) is 0 Å². The minimum Gasteiger partial charge on any atom is -0.410 e. The Balaban J connectivity index is 3.72. The molecule has 0 bridgehead atoms. The number of hydrogen-bond acceptors (Lipinski definition) is 8. The van der Waals surface area contributed by atoms with Crippen LogP contribution in [-0.4, -0.2) is 45.3 Å². The fourth-order valence-electron chi connectivity index (χ4n) is 0.436. The molecular weight excluding hydrogens is 188 g/mol. The summed E-state index contributed by atoms with van der Waals surface area (Å²) in [5.41, 5.74) is 0. The third kappa shape index (κ3) is 7.15. The van der Waals surface area contributed by atoms with Crippen LogP contribution in [-0.2, 0) is 19.1 Å². The van der Waals surface area contributed by atoms with E-state index in [2.05, 4.69) is 9.47 Å². The van der Waals surface area contributed by atoms with Crippen molar-refractivity contribution < 1.29 is 39.5 Å². The average Bonchev–Trinajstić information content (AvgIpc) is 1.80. The topological polar surface area (TPSA) is 134 Å². The summed E-state index contributed by atoms with van der Waals surface area (Å²) in [5, 5.41) is 32.3. The maximum absolute atomic E-state index is 10.4. The summed E-state index contributed by atoms with van der Waals surface area (Å²) in [6.07, 6.45) is -0.949. The van der Waals surface area contributed by atoms with Gasteiger partial charge in [0.1, 0.15) is 6.42 Å². The molecule has 0 aromatic carbocycles. The van der Waals surface area contributed by atoms with Gasteiger partial charge in [0, 0.05) is 0 Å². The number of hydrogen-bond donors (Lipinski definition) is 4. The van der Waals surface area contributed by atoms with Crippen molar-refractivity contribution in [2.75, 3.05) is 0 Å². The number of ether oxygens (including phenoxy) is 2. The molecule has 4 N–H and O–H groups in total. The van der Waals surface area contributed by atoms with E-state index >= 15 is 0 Å². The Morgan fingerprint density at radius 2 is 1.23 bits per heavy atom. The molecule has 0 aliphatic carbocycles. The highest BCUT2D eigenvalue weighted by Crippen LogP contribution is 1.94. The predicted octanol–water partition coefficient (Wildman–Crippen LogP) is -3.00. The second-order valence-electron chi connectivity index (χ2n) is 1.81. The molecule has 0 heterocycles.